The van der Waals surface area contributed by atoms with Gasteiger partial charge in [0.1, 0.15) is 6.04 Å². The molecule has 1 atom stereocenters. The molecule has 9 heteroatoms. The Morgan fingerprint density at radius 3 is 2.27 bits per heavy atom. The summed E-state index contributed by atoms with van der Waals surface area (Å²) in [4.78, 5) is 26.3. The number of H-pyrrole nitrogens is 1. The first-order chi connectivity index (χ1) is 15.4. The third kappa shape index (κ3) is 6.61. The molecule has 0 aliphatic carbocycles. The summed E-state index contributed by atoms with van der Waals surface area (Å²) in [5.74, 6) is -0.784. The molecular formula is C24H29MgN5O3. The first-order valence-corrected chi connectivity index (χ1v) is 10.9. The maximum atomic E-state index is 12.9. The lowest BCUT2D eigenvalue weighted by molar-refractivity contribution is -0.153. The standard InChI is InChI=1S/C24H29N5O3.Mg/c1-4-5-10-21(30)29(22(16(2)3)24(31)32)15-17-11-13-18(14-12-17)19-8-6-7-9-20(19)23-25-27-28-26-23;/h6-9,11-14,16,22H,4-5,10,15H2,1-3H3,(H,31,32)(H,25,26,27,28);/t22-;/m0./s1. The molecule has 0 bridgehead atoms. The Hall–Kier alpha value is -2.78. The Kier molecular flexibility index (Phi) is 9.99. The van der Waals surface area contributed by atoms with Gasteiger partial charge < -0.3 is 10.0 Å². The molecule has 8 nitrogen and oxygen atoms in total. The van der Waals surface area contributed by atoms with Crippen molar-refractivity contribution in [3.8, 4) is 22.5 Å². The fraction of sp³-hybridized carbons (Fsp3) is 0.375. The quantitative estimate of drug-likeness (QED) is 0.446. The normalized spacial score (nSPS) is 11.6. The zero-order valence-corrected chi connectivity index (χ0v) is 20.8. The van der Waals surface area contributed by atoms with Crippen molar-refractivity contribution in [2.45, 2.75) is 52.6 Å². The Bertz CT molecular complexity index is 1040. The van der Waals surface area contributed by atoms with Crippen molar-refractivity contribution in [3.05, 3.63) is 54.1 Å². The molecule has 0 aliphatic rings. The van der Waals surface area contributed by atoms with E-state index < -0.39 is 12.0 Å². The number of aliphatic carboxylic acids is 1. The van der Waals surface area contributed by atoms with E-state index >= 15 is 0 Å². The monoisotopic (exact) mass is 459 g/mol. The van der Waals surface area contributed by atoms with Crippen molar-refractivity contribution in [2.24, 2.45) is 5.92 Å². The van der Waals surface area contributed by atoms with E-state index in [9.17, 15) is 14.7 Å². The number of carboxylic acid groups (broad SMARTS) is 1. The zero-order valence-electron chi connectivity index (χ0n) is 19.4. The molecule has 2 aromatic carbocycles. The van der Waals surface area contributed by atoms with Crippen LogP contribution in [0.2, 0.25) is 0 Å². The number of hydrogen-bond donors (Lipinski definition) is 2. The van der Waals surface area contributed by atoms with Gasteiger partial charge in [0.15, 0.2) is 0 Å². The molecule has 0 fully saturated rings. The van der Waals surface area contributed by atoms with Crippen molar-refractivity contribution in [2.75, 3.05) is 0 Å². The Morgan fingerprint density at radius 2 is 1.73 bits per heavy atom. The van der Waals surface area contributed by atoms with E-state index in [1.807, 2.05) is 69.3 Å². The van der Waals surface area contributed by atoms with Gasteiger partial charge in [0.2, 0.25) is 11.7 Å². The second kappa shape index (κ2) is 12.5. The summed E-state index contributed by atoms with van der Waals surface area (Å²) < 4.78 is 0. The summed E-state index contributed by atoms with van der Waals surface area (Å²) >= 11 is 0. The fourth-order valence-electron chi connectivity index (χ4n) is 3.78. The van der Waals surface area contributed by atoms with Crippen molar-refractivity contribution in [1.29, 1.82) is 0 Å². The van der Waals surface area contributed by atoms with E-state index in [4.69, 9.17) is 0 Å². The number of hydrogen-bond acceptors (Lipinski definition) is 5. The van der Waals surface area contributed by atoms with Crippen LogP contribution in [0.4, 0.5) is 0 Å². The van der Waals surface area contributed by atoms with E-state index in [1.165, 1.54) is 4.90 Å². The number of carbonyl (C=O) groups is 2. The number of carbonyl (C=O) groups excluding carboxylic acids is 1. The van der Waals surface area contributed by atoms with Crippen molar-refractivity contribution < 1.29 is 14.7 Å². The largest absolute Gasteiger partial charge is 0.480 e. The van der Waals surface area contributed by atoms with Gasteiger partial charge in [-0.05, 0) is 34.2 Å². The molecule has 1 amide bonds. The molecule has 2 radical (unpaired) electrons. The predicted octanol–water partition coefficient (Wildman–Crippen LogP) is 3.78. The first-order valence-electron chi connectivity index (χ1n) is 10.9. The average Bonchev–Trinajstić information content (AvgIpc) is 3.32. The summed E-state index contributed by atoms with van der Waals surface area (Å²) in [5, 5.41) is 24.0. The third-order valence-electron chi connectivity index (χ3n) is 5.42. The van der Waals surface area contributed by atoms with E-state index in [1.54, 1.807) is 0 Å². The Labute approximate surface area is 209 Å². The lowest BCUT2D eigenvalue weighted by Gasteiger charge is -2.32. The number of carboxylic acids is 1. The second-order valence-electron chi connectivity index (χ2n) is 8.13. The molecular weight excluding hydrogens is 431 g/mol. The molecule has 3 rings (SSSR count). The lowest BCUT2D eigenvalue weighted by Crippen LogP contribution is -2.47. The number of aromatic amines is 1. The average molecular weight is 460 g/mol. The molecule has 0 spiro atoms. The van der Waals surface area contributed by atoms with Crippen LogP contribution in [0.15, 0.2) is 48.5 Å². The number of rotatable bonds is 10. The van der Waals surface area contributed by atoms with E-state index in [2.05, 4.69) is 20.6 Å². The van der Waals surface area contributed by atoms with Gasteiger partial charge in [0.25, 0.3) is 0 Å². The highest BCUT2D eigenvalue weighted by atomic mass is 24.3. The molecule has 0 saturated heterocycles. The number of benzene rings is 2. The van der Waals surface area contributed by atoms with Crippen LogP contribution in [0.3, 0.4) is 0 Å². The van der Waals surface area contributed by atoms with Crippen LogP contribution in [0.1, 0.15) is 45.6 Å². The van der Waals surface area contributed by atoms with Crippen LogP contribution < -0.4 is 0 Å². The van der Waals surface area contributed by atoms with Gasteiger partial charge in [-0.1, -0.05) is 75.7 Å². The molecule has 170 valence electrons. The minimum absolute atomic E-state index is 0. The van der Waals surface area contributed by atoms with Gasteiger partial charge in [0, 0.05) is 41.6 Å². The van der Waals surface area contributed by atoms with Crippen LogP contribution in [0.5, 0.6) is 0 Å². The highest BCUT2D eigenvalue weighted by Crippen LogP contribution is 2.30. The Balaban J connectivity index is 0.00000385. The summed E-state index contributed by atoms with van der Waals surface area (Å²) in [6.45, 7) is 5.93. The van der Waals surface area contributed by atoms with Crippen LogP contribution >= 0.6 is 0 Å². The molecule has 3 aromatic rings. The second-order valence-corrected chi connectivity index (χ2v) is 8.13. The zero-order chi connectivity index (χ0) is 23.1. The molecule has 33 heavy (non-hydrogen) atoms. The molecule has 1 aromatic heterocycles. The number of amides is 1. The van der Waals surface area contributed by atoms with Crippen LogP contribution in [-0.2, 0) is 16.1 Å². The van der Waals surface area contributed by atoms with E-state index in [-0.39, 0.29) is 41.4 Å². The molecule has 0 aliphatic heterocycles. The minimum atomic E-state index is -0.976. The highest BCUT2D eigenvalue weighted by molar-refractivity contribution is 5.84. The van der Waals surface area contributed by atoms with Gasteiger partial charge in [-0.3, -0.25) is 4.79 Å². The van der Waals surface area contributed by atoms with Crippen molar-refractivity contribution in [3.63, 3.8) is 0 Å². The summed E-state index contributed by atoms with van der Waals surface area (Å²) in [5.41, 5.74) is 3.66. The lowest BCUT2D eigenvalue weighted by atomic mass is 9.97. The van der Waals surface area contributed by atoms with Gasteiger partial charge in [0.05, 0.1) is 0 Å². The van der Waals surface area contributed by atoms with Gasteiger partial charge in [-0.15, -0.1) is 10.2 Å². The maximum absolute atomic E-state index is 12.9. The van der Waals surface area contributed by atoms with E-state index in [0.29, 0.717) is 12.2 Å². The van der Waals surface area contributed by atoms with Crippen LogP contribution in [0, 0.1) is 5.92 Å². The van der Waals surface area contributed by atoms with Crippen molar-refractivity contribution >= 4 is 34.9 Å². The Morgan fingerprint density at radius 1 is 1.06 bits per heavy atom. The predicted molar refractivity (Wildman–Crippen MR) is 127 cm³/mol. The first kappa shape index (κ1) is 26.5. The van der Waals surface area contributed by atoms with E-state index in [0.717, 1.165) is 35.1 Å². The summed E-state index contributed by atoms with van der Waals surface area (Å²) in [7, 11) is 0. The molecule has 2 N–H and O–H groups in total. The smallest absolute Gasteiger partial charge is 0.326 e. The maximum Gasteiger partial charge on any atom is 0.326 e. The fourth-order valence-corrected chi connectivity index (χ4v) is 3.78. The van der Waals surface area contributed by atoms with Crippen molar-refractivity contribution in [1.82, 2.24) is 25.5 Å². The molecule has 0 saturated carbocycles. The van der Waals surface area contributed by atoms with Crippen LogP contribution in [-0.4, -0.2) is 71.6 Å². The van der Waals surface area contributed by atoms with Crippen LogP contribution in [0.25, 0.3) is 22.5 Å². The molecule has 1 heterocycles. The number of nitrogens with zero attached hydrogens (tertiary/aromatic N) is 4. The summed E-state index contributed by atoms with van der Waals surface area (Å²) in [6.07, 6.45) is 1.97. The molecule has 0 unspecified atom stereocenters. The topological polar surface area (TPSA) is 112 Å². The van der Waals surface area contributed by atoms with Gasteiger partial charge in [-0.2, -0.15) is 5.21 Å². The number of nitrogens with one attached hydrogen (secondary N) is 1. The van der Waals surface area contributed by atoms with Gasteiger partial charge >= 0.3 is 5.97 Å². The number of unbranched alkanes of at least 4 members (excludes halogenated alkanes) is 1. The minimum Gasteiger partial charge on any atom is -0.480 e. The van der Waals surface area contributed by atoms with Gasteiger partial charge in [-0.25, -0.2) is 4.79 Å². The SMILES string of the molecule is CCCCC(=O)N(Cc1ccc(-c2ccccc2-c2nn[nH]n2)cc1)[C@H](C(=O)O)C(C)C.[Mg]. The summed E-state index contributed by atoms with van der Waals surface area (Å²) in [6, 6.07) is 14.7. The number of aromatic nitrogens is 4. The number of tetrazole rings is 1. The third-order valence-corrected chi connectivity index (χ3v) is 5.42. The highest BCUT2D eigenvalue weighted by Gasteiger charge is 2.32.